The van der Waals surface area contributed by atoms with E-state index in [0.29, 0.717) is 6.04 Å². The van der Waals surface area contributed by atoms with Gasteiger partial charge in [0.2, 0.25) is 0 Å². The zero-order chi connectivity index (χ0) is 14.1. The van der Waals surface area contributed by atoms with Crippen LogP contribution in [0.1, 0.15) is 31.2 Å². The molecule has 2 bridgehead atoms. The van der Waals surface area contributed by atoms with E-state index in [2.05, 4.69) is 5.32 Å². The minimum Gasteiger partial charge on any atom is -0.316 e. The Kier molecular flexibility index (Phi) is 3.74. The van der Waals surface area contributed by atoms with Crippen LogP contribution in [0.3, 0.4) is 0 Å². The fourth-order valence-corrected chi connectivity index (χ4v) is 4.26. The fraction of sp³-hybridized carbons (Fsp3) is 0.625. The molecule has 108 valence electrons. The summed E-state index contributed by atoms with van der Waals surface area (Å²) in [5.74, 6) is 2.64. The Morgan fingerprint density at radius 3 is 2.55 bits per heavy atom. The maximum atomic E-state index is 10.7. The third-order valence-corrected chi connectivity index (χ3v) is 5.28. The average molecular weight is 274 g/mol. The zero-order valence-electron chi connectivity index (χ0n) is 11.9. The summed E-state index contributed by atoms with van der Waals surface area (Å²) in [5.41, 5.74) is 1.37. The van der Waals surface area contributed by atoms with Crippen LogP contribution in [0.4, 0.5) is 5.69 Å². The molecule has 2 aliphatic rings. The zero-order valence-corrected chi connectivity index (χ0v) is 11.9. The Balaban J connectivity index is 1.67. The Morgan fingerprint density at radius 2 is 2.05 bits per heavy atom. The molecule has 1 aromatic rings. The van der Waals surface area contributed by atoms with Crippen molar-refractivity contribution in [3.8, 4) is 0 Å². The molecule has 1 N–H and O–H groups in total. The van der Waals surface area contributed by atoms with Crippen molar-refractivity contribution in [2.45, 2.75) is 38.1 Å². The van der Waals surface area contributed by atoms with Gasteiger partial charge in [0.15, 0.2) is 0 Å². The molecule has 1 aromatic carbocycles. The van der Waals surface area contributed by atoms with E-state index in [4.69, 9.17) is 0 Å². The van der Waals surface area contributed by atoms with E-state index >= 15 is 0 Å². The molecule has 0 spiro atoms. The van der Waals surface area contributed by atoms with Crippen LogP contribution >= 0.6 is 0 Å². The van der Waals surface area contributed by atoms with Gasteiger partial charge in [-0.3, -0.25) is 10.1 Å². The van der Waals surface area contributed by atoms with Crippen molar-refractivity contribution in [1.29, 1.82) is 0 Å². The number of nitrogens with one attached hydrogen (secondary N) is 1. The second kappa shape index (κ2) is 5.52. The van der Waals surface area contributed by atoms with Crippen molar-refractivity contribution < 1.29 is 4.92 Å². The van der Waals surface area contributed by atoms with Gasteiger partial charge in [-0.2, -0.15) is 0 Å². The highest BCUT2D eigenvalue weighted by Gasteiger charge is 2.42. The Hall–Kier alpha value is -1.42. The van der Waals surface area contributed by atoms with Crippen LogP contribution in [0, 0.1) is 27.9 Å². The van der Waals surface area contributed by atoms with E-state index < -0.39 is 0 Å². The number of rotatable bonds is 5. The first-order valence-corrected chi connectivity index (χ1v) is 7.58. The number of fused-ring (bicyclic) bond motifs is 2. The predicted octanol–water partition coefficient (Wildman–Crippen LogP) is 3.16. The van der Waals surface area contributed by atoms with Gasteiger partial charge in [-0.1, -0.05) is 18.6 Å². The van der Waals surface area contributed by atoms with Crippen LogP contribution in [0.5, 0.6) is 0 Å². The molecule has 2 saturated carbocycles. The molecule has 0 radical (unpaired) electrons. The number of non-ortho nitro benzene ring substituents is 1. The van der Waals surface area contributed by atoms with E-state index in [9.17, 15) is 10.1 Å². The van der Waals surface area contributed by atoms with Crippen LogP contribution in [0.15, 0.2) is 24.3 Å². The highest BCUT2D eigenvalue weighted by Crippen LogP contribution is 2.49. The lowest BCUT2D eigenvalue weighted by Gasteiger charge is -2.30. The normalized spacial score (nSPS) is 29.6. The number of nitro benzene ring substituents is 1. The monoisotopic (exact) mass is 274 g/mol. The molecule has 0 aromatic heterocycles. The van der Waals surface area contributed by atoms with Crippen molar-refractivity contribution in [3.63, 3.8) is 0 Å². The molecule has 4 heteroatoms. The van der Waals surface area contributed by atoms with Crippen LogP contribution < -0.4 is 5.32 Å². The van der Waals surface area contributed by atoms with Gasteiger partial charge in [0.05, 0.1) is 4.92 Å². The molecule has 20 heavy (non-hydrogen) atoms. The van der Waals surface area contributed by atoms with Gasteiger partial charge in [-0.15, -0.1) is 0 Å². The maximum absolute atomic E-state index is 10.7. The molecule has 4 atom stereocenters. The lowest BCUT2D eigenvalue weighted by Crippen LogP contribution is -2.38. The summed E-state index contributed by atoms with van der Waals surface area (Å²) in [4.78, 5) is 10.3. The highest BCUT2D eigenvalue weighted by molar-refractivity contribution is 5.33. The third kappa shape index (κ3) is 2.57. The van der Waals surface area contributed by atoms with Gasteiger partial charge >= 0.3 is 0 Å². The maximum Gasteiger partial charge on any atom is 0.269 e. The van der Waals surface area contributed by atoms with E-state index in [1.54, 1.807) is 12.1 Å². The van der Waals surface area contributed by atoms with Gasteiger partial charge in [-0.05, 0) is 56.0 Å². The molecule has 2 fully saturated rings. The molecule has 0 amide bonds. The lowest BCUT2D eigenvalue weighted by molar-refractivity contribution is -0.384. The molecular weight excluding hydrogens is 252 g/mol. The van der Waals surface area contributed by atoms with Crippen LogP contribution in [-0.2, 0) is 6.42 Å². The number of nitrogens with zero attached hydrogens (tertiary/aromatic N) is 1. The second-order valence-electron chi connectivity index (χ2n) is 6.36. The van der Waals surface area contributed by atoms with Crippen LogP contribution in [0.25, 0.3) is 0 Å². The third-order valence-electron chi connectivity index (χ3n) is 5.28. The van der Waals surface area contributed by atoms with Gasteiger partial charge in [0, 0.05) is 18.2 Å². The summed E-state index contributed by atoms with van der Waals surface area (Å²) in [6, 6.07) is 7.53. The minimum atomic E-state index is -0.338. The highest BCUT2D eigenvalue weighted by atomic mass is 16.6. The first kappa shape index (κ1) is 13.6. The largest absolute Gasteiger partial charge is 0.316 e. The van der Waals surface area contributed by atoms with Gasteiger partial charge in [0.25, 0.3) is 5.69 Å². The number of nitro groups is 1. The molecule has 2 aliphatic carbocycles. The van der Waals surface area contributed by atoms with Crippen LogP contribution in [-0.4, -0.2) is 18.0 Å². The number of hydrogen-bond acceptors (Lipinski definition) is 3. The summed E-state index contributed by atoms with van der Waals surface area (Å²) in [7, 11) is 2.04. The number of likely N-dealkylation sites (N-methyl/N-ethyl adjacent to an activating group) is 1. The van der Waals surface area contributed by atoms with Crippen molar-refractivity contribution in [2.75, 3.05) is 7.05 Å². The standard InChI is InChI=1S/C16H22N2O2/c1-17-16(15-9-12-2-5-13(15)8-12)10-11-3-6-14(7-4-11)18(19)20/h3-4,6-7,12-13,15-17H,2,5,8-10H2,1H3. The first-order valence-electron chi connectivity index (χ1n) is 7.58. The Morgan fingerprint density at radius 1 is 1.30 bits per heavy atom. The SMILES string of the molecule is CNC(Cc1ccc([N+](=O)[O-])cc1)C1CC2CCC1C2. The van der Waals surface area contributed by atoms with Crippen LogP contribution in [0.2, 0.25) is 0 Å². The van der Waals surface area contributed by atoms with E-state index in [-0.39, 0.29) is 10.6 Å². The average Bonchev–Trinajstić information content (AvgIpc) is 3.08. The topological polar surface area (TPSA) is 55.2 Å². The molecular formula is C16H22N2O2. The van der Waals surface area contributed by atoms with E-state index in [1.807, 2.05) is 19.2 Å². The van der Waals surface area contributed by atoms with Gasteiger partial charge in [-0.25, -0.2) is 0 Å². The predicted molar refractivity (Wildman–Crippen MR) is 78.6 cm³/mol. The molecule has 4 unspecified atom stereocenters. The quantitative estimate of drug-likeness (QED) is 0.663. The summed E-state index contributed by atoms with van der Waals surface area (Å²) in [6.45, 7) is 0. The molecule has 0 saturated heterocycles. The Bertz CT molecular complexity index is 486. The summed E-state index contributed by atoms with van der Waals surface area (Å²) in [6.07, 6.45) is 6.58. The lowest BCUT2D eigenvalue weighted by atomic mass is 9.81. The molecule has 0 heterocycles. The summed E-state index contributed by atoms with van der Waals surface area (Å²) < 4.78 is 0. The van der Waals surface area contributed by atoms with Crippen molar-refractivity contribution in [1.82, 2.24) is 5.32 Å². The molecule has 4 nitrogen and oxygen atoms in total. The summed E-state index contributed by atoms with van der Waals surface area (Å²) in [5, 5.41) is 14.2. The molecule has 0 aliphatic heterocycles. The van der Waals surface area contributed by atoms with E-state index in [1.165, 1.54) is 31.2 Å². The van der Waals surface area contributed by atoms with Gasteiger partial charge < -0.3 is 5.32 Å². The number of hydrogen-bond donors (Lipinski definition) is 1. The Labute approximate surface area is 119 Å². The summed E-state index contributed by atoms with van der Waals surface area (Å²) >= 11 is 0. The van der Waals surface area contributed by atoms with Gasteiger partial charge in [0.1, 0.15) is 0 Å². The second-order valence-corrected chi connectivity index (χ2v) is 6.36. The van der Waals surface area contributed by atoms with E-state index in [0.717, 1.165) is 24.2 Å². The first-order chi connectivity index (χ1) is 9.67. The van der Waals surface area contributed by atoms with Crippen molar-refractivity contribution >= 4 is 5.69 Å². The van der Waals surface area contributed by atoms with Crippen molar-refractivity contribution in [2.24, 2.45) is 17.8 Å². The van der Waals surface area contributed by atoms with Crippen molar-refractivity contribution in [3.05, 3.63) is 39.9 Å². The molecule has 3 rings (SSSR count). The number of benzene rings is 1. The minimum absolute atomic E-state index is 0.176. The smallest absolute Gasteiger partial charge is 0.269 e. The fourth-order valence-electron chi connectivity index (χ4n) is 4.26.